The molecule has 0 spiro atoms. The number of rotatable bonds is 2. The van der Waals surface area contributed by atoms with Crippen LogP contribution in [0.15, 0.2) is 42.1 Å². The van der Waals surface area contributed by atoms with E-state index in [1.54, 1.807) is 6.92 Å². The van der Waals surface area contributed by atoms with E-state index in [0.29, 0.717) is 0 Å². The normalized spacial score (nSPS) is 33.8. The second-order valence-corrected chi connectivity index (χ2v) is 7.06. The Morgan fingerprint density at radius 3 is 2.63 bits per heavy atom. The van der Waals surface area contributed by atoms with Crippen molar-refractivity contribution < 1.29 is 4.74 Å². The van der Waals surface area contributed by atoms with Gasteiger partial charge in [0.2, 0.25) is 3.61 Å². The summed E-state index contributed by atoms with van der Waals surface area (Å²) in [6.07, 6.45) is 1.82. The lowest BCUT2D eigenvalue weighted by Gasteiger charge is -2.44. The highest BCUT2D eigenvalue weighted by Crippen LogP contribution is 2.46. The highest BCUT2D eigenvalue weighted by atomic mass is 127. The molecule has 0 aliphatic carbocycles. The fourth-order valence-electron chi connectivity index (χ4n) is 2.01. The van der Waals surface area contributed by atoms with E-state index < -0.39 is 14.5 Å². The third kappa shape index (κ3) is 2.67. The second-order valence-electron chi connectivity index (χ2n) is 4.67. The predicted octanol–water partition coefficient (Wildman–Crippen LogP) is 3.80. The number of para-hydroxylation sites is 1. The molecule has 1 aliphatic rings. The maximum absolute atomic E-state index is 9.47. The van der Waals surface area contributed by atoms with Crippen molar-refractivity contribution in [2.45, 2.75) is 22.5 Å². The number of halogens is 2. The Morgan fingerprint density at radius 1 is 1.42 bits per heavy atom. The van der Waals surface area contributed by atoms with Crippen molar-refractivity contribution >= 4 is 34.2 Å². The van der Waals surface area contributed by atoms with Gasteiger partial charge < -0.3 is 10.1 Å². The lowest BCUT2D eigenvalue weighted by Crippen LogP contribution is -2.56. The Bertz CT molecular complexity index is 538. The van der Waals surface area contributed by atoms with Crippen LogP contribution < -0.4 is 10.1 Å². The molecule has 0 radical (unpaired) electrons. The van der Waals surface area contributed by atoms with Crippen molar-refractivity contribution in [1.29, 1.82) is 5.26 Å². The van der Waals surface area contributed by atoms with Gasteiger partial charge in [-0.2, -0.15) is 5.26 Å². The lowest BCUT2D eigenvalue weighted by molar-refractivity contribution is 0.137. The van der Waals surface area contributed by atoms with Crippen LogP contribution in [0.25, 0.3) is 0 Å². The summed E-state index contributed by atoms with van der Waals surface area (Å²) in [5, 5.41) is 12.5. The van der Waals surface area contributed by atoms with Crippen LogP contribution in [-0.2, 0) is 0 Å². The molecule has 1 heterocycles. The SMILES string of the molecule is CC1=CNC(C)(Cl)C(C#N)C1(I)Oc1ccccc1. The Hall–Kier alpha value is -0.930. The minimum atomic E-state index is -0.857. The van der Waals surface area contributed by atoms with Crippen molar-refractivity contribution in [3.05, 3.63) is 42.1 Å². The first-order valence-corrected chi connectivity index (χ1v) is 7.32. The zero-order valence-corrected chi connectivity index (χ0v) is 13.6. The van der Waals surface area contributed by atoms with Crippen molar-refractivity contribution in [2.24, 2.45) is 5.92 Å². The van der Waals surface area contributed by atoms with E-state index in [1.165, 1.54) is 0 Å². The van der Waals surface area contributed by atoms with Crippen molar-refractivity contribution in [3.63, 3.8) is 0 Å². The van der Waals surface area contributed by atoms with E-state index in [1.807, 2.05) is 43.5 Å². The number of hydrogen-bond donors (Lipinski definition) is 1. The minimum absolute atomic E-state index is 0.521. The van der Waals surface area contributed by atoms with Crippen LogP contribution in [0.2, 0.25) is 0 Å². The van der Waals surface area contributed by atoms with Gasteiger partial charge in [0.05, 0.1) is 6.07 Å². The third-order valence-corrected chi connectivity index (χ3v) is 5.18. The second kappa shape index (κ2) is 5.22. The van der Waals surface area contributed by atoms with E-state index in [2.05, 4.69) is 34.0 Å². The van der Waals surface area contributed by atoms with Crippen molar-refractivity contribution in [1.82, 2.24) is 5.32 Å². The summed E-state index contributed by atoms with van der Waals surface area (Å²) in [6, 6.07) is 11.7. The molecule has 19 heavy (non-hydrogen) atoms. The van der Waals surface area contributed by atoms with E-state index in [-0.39, 0.29) is 0 Å². The molecule has 1 aromatic rings. The summed E-state index contributed by atoms with van der Waals surface area (Å²) in [7, 11) is 0. The van der Waals surface area contributed by atoms with Crippen LogP contribution in [0.1, 0.15) is 13.8 Å². The average molecular weight is 389 g/mol. The summed E-state index contributed by atoms with van der Waals surface area (Å²) >= 11 is 8.56. The maximum atomic E-state index is 9.47. The van der Waals surface area contributed by atoms with Crippen LogP contribution in [-0.4, -0.2) is 8.61 Å². The first-order chi connectivity index (χ1) is 8.90. The van der Waals surface area contributed by atoms with Gasteiger partial charge in [-0.15, -0.1) is 0 Å². The molecular weight excluding hydrogens is 375 g/mol. The monoisotopic (exact) mass is 388 g/mol. The van der Waals surface area contributed by atoms with Gasteiger partial charge in [0.25, 0.3) is 0 Å². The Balaban J connectivity index is 2.41. The Labute approximate surface area is 131 Å². The first kappa shape index (κ1) is 14.5. The summed E-state index contributed by atoms with van der Waals surface area (Å²) in [6.45, 7) is 3.71. The number of nitriles is 1. The van der Waals surface area contributed by atoms with E-state index in [4.69, 9.17) is 16.3 Å². The zero-order chi connectivity index (χ0) is 14.1. The van der Waals surface area contributed by atoms with Crippen LogP contribution in [0.4, 0.5) is 0 Å². The molecule has 1 N–H and O–H groups in total. The van der Waals surface area contributed by atoms with Gasteiger partial charge >= 0.3 is 0 Å². The standard InChI is InChI=1S/C14H14ClIN2O/c1-10-9-18-13(2,15)12(8-17)14(10,16)19-11-6-4-3-5-7-11/h3-7,9,12,18H,1-2H3. The molecular formula is C14H14ClIN2O. The topological polar surface area (TPSA) is 45.0 Å². The van der Waals surface area contributed by atoms with Crippen molar-refractivity contribution in [3.8, 4) is 11.8 Å². The number of hydrogen-bond acceptors (Lipinski definition) is 3. The Kier molecular flexibility index (Phi) is 3.98. The number of alkyl halides is 2. The fraction of sp³-hybridized carbons (Fsp3) is 0.357. The smallest absolute Gasteiger partial charge is 0.200 e. The molecule has 100 valence electrons. The zero-order valence-electron chi connectivity index (χ0n) is 10.7. The van der Waals surface area contributed by atoms with Gasteiger partial charge in [-0.1, -0.05) is 29.8 Å². The van der Waals surface area contributed by atoms with E-state index >= 15 is 0 Å². The molecule has 2 rings (SSSR count). The van der Waals surface area contributed by atoms with Crippen LogP contribution in [0.5, 0.6) is 5.75 Å². The van der Waals surface area contributed by atoms with Gasteiger partial charge in [0, 0.05) is 6.20 Å². The van der Waals surface area contributed by atoms with Crippen molar-refractivity contribution in [2.75, 3.05) is 0 Å². The summed E-state index contributed by atoms with van der Waals surface area (Å²) in [5.41, 5.74) is 0.932. The molecule has 0 fully saturated rings. The van der Waals surface area contributed by atoms with Gasteiger partial charge in [0.15, 0.2) is 0 Å². The maximum Gasteiger partial charge on any atom is 0.200 e. The predicted molar refractivity (Wildman–Crippen MR) is 84.1 cm³/mol. The molecule has 0 saturated heterocycles. The molecule has 5 heteroatoms. The average Bonchev–Trinajstić information content (AvgIpc) is 2.36. The Morgan fingerprint density at radius 2 is 2.05 bits per heavy atom. The molecule has 0 aromatic heterocycles. The molecule has 1 aromatic carbocycles. The van der Waals surface area contributed by atoms with Gasteiger partial charge in [-0.25, -0.2) is 0 Å². The van der Waals surface area contributed by atoms with Crippen LogP contribution in [0, 0.1) is 17.2 Å². The van der Waals surface area contributed by atoms with Crippen LogP contribution >= 0.6 is 34.2 Å². The van der Waals surface area contributed by atoms with Gasteiger partial charge in [-0.3, -0.25) is 0 Å². The van der Waals surface area contributed by atoms with E-state index in [9.17, 15) is 5.26 Å². The van der Waals surface area contributed by atoms with Gasteiger partial charge in [-0.05, 0) is 54.1 Å². The molecule has 0 amide bonds. The summed E-state index contributed by atoms with van der Waals surface area (Å²) in [4.78, 5) is -0.857. The highest BCUT2D eigenvalue weighted by molar-refractivity contribution is 14.1. The number of ether oxygens (including phenoxy) is 1. The largest absolute Gasteiger partial charge is 0.471 e. The third-order valence-electron chi connectivity index (χ3n) is 3.16. The quantitative estimate of drug-likeness (QED) is 0.476. The summed E-state index contributed by atoms with van der Waals surface area (Å²) < 4.78 is 5.28. The number of nitrogens with zero attached hydrogens (tertiary/aromatic N) is 1. The molecule has 1 aliphatic heterocycles. The molecule has 3 atom stereocenters. The lowest BCUT2D eigenvalue weighted by atomic mass is 9.88. The molecule has 3 nitrogen and oxygen atoms in total. The molecule has 0 bridgehead atoms. The highest BCUT2D eigenvalue weighted by Gasteiger charge is 2.53. The molecule has 3 unspecified atom stereocenters. The van der Waals surface area contributed by atoms with Crippen LogP contribution in [0.3, 0.4) is 0 Å². The fourth-order valence-corrected chi connectivity index (χ4v) is 3.62. The summed E-state index contributed by atoms with van der Waals surface area (Å²) in [5.74, 6) is 0.201. The molecule has 0 saturated carbocycles. The first-order valence-electron chi connectivity index (χ1n) is 5.86. The minimum Gasteiger partial charge on any atom is -0.471 e. The number of benzene rings is 1. The van der Waals surface area contributed by atoms with Gasteiger partial charge in [0.1, 0.15) is 16.7 Å². The van der Waals surface area contributed by atoms with E-state index in [0.717, 1.165) is 11.3 Å². The number of nitrogens with one attached hydrogen (secondary N) is 1.